The van der Waals surface area contributed by atoms with Crippen molar-refractivity contribution in [2.45, 2.75) is 39.2 Å². The molecule has 0 aliphatic rings. The molecule has 0 saturated carbocycles. The van der Waals surface area contributed by atoms with Crippen LogP contribution < -0.4 is 4.74 Å². The van der Waals surface area contributed by atoms with E-state index in [-0.39, 0.29) is 6.61 Å². The zero-order chi connectivity index (χ0) is 18.2. The first kappa shape index (κ1) is 18.2. The number of rotatable bonds is 9. The summed E-state index contributed by atoms with van der Waals surface area (Å²) in [5.41, 5.74) is 3.54. The summed E-state index contributed by atoms with van der Waals surface area (Å²) in [6, 6.07) is 15.5. The molecule has 0 unspecified atom stereocenters. The average molecular weight is 351 g/mol. The lowest BCUT2D eigenvalue weighted by molar-refractivity contribution is 0.282. The summed E-state index contributed by atoms with van der Waals surface area (Å²) >= 11 is 0. The van der Waals surface area contributed by atoms with Gasteiger partial charge in [0.1, 0.15) is 17.7 Å². The van der Waals surface area contributed by atoms with Crippen LogP contribution in [-0.2, 0) is 6.61 Å². The predicted octanol–water partition coefficient (Wildman–Crippen LogP) is 5.46. The van der Waals surface area contributed by atoms with Crippen molar-refractivity contribution < 1.29 is 14.3 Å². The fraction of sp³-hybridized carbons (Fsp3) is 0.318. The first-order chi connectivity index (χ1) is 12.8. The number of hydrogen-bond donors (Lipinski definition) is 1. The second kappa shape index (κ2) is 9.20. The van der Waals surface area contributed by atoms with Gasteiger partial charge < -0.3 is 14.3 Å². The molecule has 0 saturated heterocycles. The summed E-state index contributed by atoms with van der Waals surface area (Å²) in [5.74, 6) is 1.46. The molecule has 0 spiro atoms. The van der Waals surface area contributed by atoms with Crippen LogP contribution in [0.1, 0.15) is 38.2 Å². The van der Waals surface area contributed by atoms with Crippen molar-refractivity contribution in [2.24, 2.45) is 0 Å². The fourth-order valence-electron chi connectivity index (χ4n) is 2.73. The van der Waals surface area contributed by atoms with Crippen LogP contribution in [0.4, 0.5) is 0 Å². The lowest BCUT2D eigenvalue weighted by atomic mass is 10.1. The molecule has 1 N–H and O–H groups in total. The molecule has 2 aromatic carbocycles. The number of benzene rings is 2. The van der Waals surface area contributed by atoms with Crippen molar-refractivity contribution in [3.63, 3.8) is 0 Å². The van der Waals surface area contributed by atoms with Crippen molar-refractivity contribution >= 4 is 0 Å². The molecule has 0 fully saturated rings. The minimum Gasteiger partial charge on any atom is -0.494 e. The first-order valence-electron chi connectivity index (χ1n) is 9.19. The van der Waals surface area contributed by atoms with E-state index < -0.39 is 0 Å². The minimum atomic E-state index is 0.0391. The lowest BCUT2D eigenvalue weighted by Gasteiger charge is -2.06. The molecule has 0 amide bonds. The molecule has 0 atom stereocenters. The van der Waals surface area contributed by atoms with E-state index in [0.717, 1.165) is 41.2 Å². The average Bonchev–Trinajstić information content (AvgIpc) is 3.18. The van der Waals surface area contributed by atoms with E-state index in [9.17, 15) is 0 Å². The number of aromatic nitrogens is 1. The van der Waals surface area contributed by atoms with Gasteiger partial charge in [0.15, 0.2) is 0 Å². The Labute approximate surface area is 154 Å². The highest BCUT2D eigenvalue weighted by molar-refractivity contribution is 5.63. The van der Waals surface area contributed by atoms with E-state index in [1.54, 1.807) is 6.26 Å². The molecule has 136 valence electrons. The molecular weight excluding hydrogens is 326 g/mol. The van der Waals surface area contributed by atoms with Crippen LogP contribution in [0.3, 0.4) is 0 Å². The van der Waals surface area contributed by atoms with E-state index in [1.165, 1.54) is 19.3 Å². The van der Waals surface area contributed by atoms with Crippen LogP contribution in [0, 0.1) is 0 Å². The number of hydrogen-bond acceptors (Lipinski definition) is 4. The number of ether oxygens (including phenoxy) is 1. The topological polar surface area (TPSA) is 55.5 Å². The Bertz CT molecular complexity index is 791. The molecular formula is C22H25NO3. The third-order valence-corrected chi connectivity index (χ3v) is 4.30. The summed E-state index contributed by atoms with van der Waals surface area (Å²) in [4.78, 5) is 4.56. The van der Waals surface area contributed by atoms with Crippen LogP contribution in [0.25, 0.3) is 22.7 Å². The van der Waals surface area contributed by atoms with Crippen molar-refractivity contribution in [3.8, 4) is 28.5 Å². The molecule has 1 aromatic heterocycles. The third kappa shape index (κ3) is 4.73. The summed E-state index contributed by atoms with van der Waals surface area (Å²) in [7, 11) is 0. The Balaban J connectivity index is 1.61. The van der Waals surface area contributed by atoms with Gasteiger partial charge in [0.25, 0.3) is 0 Å². The van der Waals surface area contributed by atoms with E-state index in [1.807, 2.05) is 48.5 Å². The van der Waals surface area contributed by atoms with Gasteiger partial charge in [-0.25, -0.2) is 4.98 Å². The molecule has 0 aliphatic heterocycles. The Morgan fingerprint density at radius 3 is 2.35 bits per heavy atom. The fourth-order valence-corrected chi connectivity index (χ4v) is 2.73. The Morgan fingerprint density at radius 2 is 1.65 bits per heavy atom. The highest BCUT2D eigenvalue weighted by atomic mass is 16.5. The summed E-state index contributed by atoms with van der Waals surface area (Å²) in [6.45, 7) is 3.00. The monoisotopic (exact) mass is 351 g/mol. The van der Waals surface area contributed by atoms with E-state index in [0.29, 0.717) is 5.89 Å². The molecule has 3 rings (SSSR count). The summed E-state index contributed by atoms with van der Waals surface area (Å²) in [6.07, 6.45) is 6.46. The maximum Gasteiger partial charge on any atom is 0.226 e. The number of aliphatic hydroxyl groups excluding tert-OH is 1. The molecule has 1 heterocycles. The van der Waals surface area contributed by atoms with Crippen molar-refractivity contribution in [1.82, 2.24) is 4.98 Å². The summed E-state index contributed by atoms with van der Waals surface area (Å²) < 4.78 is 11.4. The Morgan fingerprint density at radius 1 is 0.923 bits per heavy atom. The van der Waals surface area contributed by atoms with E-state index in [2.05, 4.69) is 11.9 Å². The van der Waals surface area contributed by atoms with Gasteiger partial charge in [0.2, 0.25) is 5.89 Å². The molecule has 0 aliphatic carbocycles. The zero-order valence-electron chi connectivity index (χ0n) is 15.1. The highest BCUT2D eigenvalue weighted by Crippen LogP contribution is 2.26. The van der Waals surface area contributed by atoms with Crippen LogP contribution in [0.2, 0.25) is 0 Å². The Hall–Kier alpha value is -2.59. The third-order valence-electron chi connectivity index (χ3n) is 4.30. The SMILES string of the molecule is CCCCCCOc1ccc(-c2nc(-c3ccc(CO)cc3)co2)cc1. The number of oxazole rings is 1. The van der Waals surface area contributed by atoms with Gasteiger partial charge in [-0.3, -0.25) is 0 Å². The molecule has 0 bridgehead atoms. The van der Waals surface area contributed by atoms with Crippen LogP contribution >= 0.6 is 0 Å². The van der Waals surface area contributed by atoms with Gasteiger partial charge in [-0.05, 0) is 36.2 Å². The second-order valence-corrected chi connectivity index (χ2v) is 6.33. The smallest absolute Gasteiger partial charge is 0.226 e. The number of nitrogens with zero attached hydrogens (tertiary/aromatic N) is 1. The Kier molecular flexibility index (Phi) is 6.45. The van der Waals surface area contributed by atoms with Gasteiger partial charge in [-0.15, -0.1) is 0 Å². The molecule has 3 aromatic rings. The summed E-state index contributed by atoms with van der Waals surface area (Å²) in [5, 5.41) is 9.12. The largest absolute Gasteiger partial charge is 0.494 e. The lowest BCUT2D eigenvalue weighted by Crippen LogP contribution is -1.96. The molecule has 4 heteroatoms. The zero-order valence-corrected chi connectivity index (χ0v) is 15.1. The molecule has 4 nitrogen and oxygen atoms in total. The molecule has 0 radical (unpaired) electrons. The van der Waals surface area contributed by atoms with Crippen LogP contribution in [0.5, 0.6) is 5.75 Å². The van der Waals surface area contributed by atoms with E-state index in [4.69, 9.17) is 14.3 Å². The standard InChI is InChI=1S/C22H25NO3/c1-2-3-4-5-14-25-20-12-10-19(11-13-20)22-23-21(16-26-22)18-8-6-17(15-24)7-9-18/h6-13,16,24H,2-5,14-15H2,1H3. The van der Waals surface area contributed by atoms with Crippen LogP contribution in [-0.4, -0.2) is 16.7 Å². The van der Waals surface area contributed by atoms with Gasteiger partial charge in [0.05, 0.1) is 13.2 Å². The van der Waals surface area contributed by atoms with Gasteiger partial charge in [-0.1, -0.05) is 50.5 Å². The highest BCUT2D eigenvalue weighted by Gasteiger charge is 2.09. The maximum atomic E-state index is 9.12. The molecule has 26 heavy (non-hydrogen) atoms. The van der Waals surface area contributed by atoms with Gasteiger partial charge >= 0.3 is 0 Å². The number of unbranched alkanes of at least 4 members (excludes halogenated alkanes) is 3. The van der Waals surface area contributed by atoms with E-state index >= 15 is 0 Å². The van der Waals surface area contributed by atoms with Crippen molar-refractivity contribution in [2.75, 3.05) is 6.61 Å². The first-order valence-corrected chi connectivity index (χ1v) is 9.19. The predicted molar refractivity (Wildman–Crippen MR) is 103 cm³/mol. The number of aliphatic hydroxyl groups is 1. The van der Waals surface area contributed by atoms with Crippen molar-refractivity contribution in [3.05, 3.63) is 60.4 Å². The normalized spacial score (nSPS) is 10.8. The second-order valence-electron chi connectivity index (χ2n) is 6.33. The van der Waals surface area contributed by atoms with Gasteiger partial charge in [0, 0.05) is 11.1 Å². The van der Waals surface area contributed by atoms with Crippen molar-refractivity contribution in [1.29, 1.82) is 0 Å². The van der Waals surface area contributed by atoms with Crippen LogP contribution in [0.15, 0.2) is 59.2 Å². The maximum absolute atomic E-state index is 9.12. The minimum absolute atomic E-state index is 0.0391. The quantitative estimate of drug-likeness (QED) is 0.520. The van der Waals surface area contributed by atoms with Gasteiger partial charge in [-0.2, -0.15) is 0 Å².